The molecule has 0 aliphatic rings. The van der Waals surface area contributed by atoms with Gasteiger partial charge in [-0.2, -0.15) is 0 Å². The van der Waals surface area contributed by atoms with Gasteiger partial charge in [-0.1, -0.05) is 31.9 Å². The molecule has 2 amide bonds. The van der Waals surface area contributed by atoms with Gasteiger partial charge in [0, 0.05) is 37.4 Å². The molecule has 2 rings (SSSR count). The van der Waals surface area contributed by atoms with Crippen LogP contribution < -0.4 is 10.6 Å². The minimum atomic E-state index is -0.682. The molecule has 2 aromatic rings. The second kappa shape index (κ2) is 14.6. The predicted octanol–water partition coefficient (Wildman–Crippen LogP) is 4.38. The fourth-order valence-electron chi connectivity index (χ4n) is 3.65. The summed E-state index contributed by atoms with van der Waals surface area (Å²) >= 11 is 5.99. The lowest BCUT2D eigenvalue weighted by molar-refractivity contribution is -0.385. The smallest absolute Gasteiger partial charge is 0.280 e. The zero-order valence-corrected chi connectivity index (χ0v) is 24.0. The summed E-state index contributed by atoms with van der Waals surface area (Å²) in [6, 6.07) is 4.94. The van der Waals surface area contributed by atoms with Crippen LogP contribution in [0, 0.1) is 20.2 Å². The number of hydrogen-bond acceptors (Lipinski definition) is 9. The van der Waals surface area contributed by atoms with Gasteiger partial charge < -0.3 is 15.4 Å². The molecule has 15 heteroatoms. The Balaban J connectivity index is 2.24. The Morgan fingerprint density at radius 3 is 1.38 bits per heavy atom. The molecule has 0 heterocycles. The van der Waals surface area contributed by atoms with Crippen LogP contribution in [0.25, 0.3) is 0 Å². The predicted molar refractivity (Wildman–Crippen MR) is 149 cm³/mol. The van der Waals surface area contributed by atoms with E-state index in [-0.39, 0.29) is 59.2 Å². The summed E-state index contributed by atoms with van der Waals surface area (Å²) < 4.78 is 5.65. The maximum Gasteiger partial charge on any atom is 0.280 e. The molecule has 39 heavy (non-hydrogen) atoms. The van der Waals surface area contributed by atoms with Gasteiger partial charge in [0.25, 0.3) is 11.4 Å². The zero-order valence-electron chi connectivity index (χ0n) is 20.9. The van der Waals surface area contributed by atoms with Crippen LogP contribution in [0.5, 0.6) is 0 Å². The minimum absolute atomic E-state index is 0.0488. The van der Waals surface area contributed by atoms with Crippen LogP contribution in [-0.2, 0) is 27.2 Å². The second-order valence-electron chi connectivity index (χ2n) is 8.16. The third-order valence-electron chi connectivity index (χ3n) is 5.33. The van der Waals surface area contributed by atoms with Gasteiger partial charge in [0.05, 0.1) is 44.8 Å². The molecular weight excluding hydrogens is 648 g/mol. The van der Waals surface area contributed by atoms with Crippen molar-refractivity contribution in [3.05, 3.63) is 66.7 Å². The van der Waals surface area contributed by atoms with Gasteiger partial charge in [0.15, 0.2) is 11.6 Å². The number of benzene rings is 2. The van der Waals surface area contributed by atoms with Crippen molar-refractivity contribution in [3.8, 4) is 0 Å². The molecule has 0 radical (unpaired) electrons. The number of carbonyl (C=O) groups excluding carboxylic acids is 4. The number of Topliss-reactive ketones (excluding diaryl/α,β-unsaturated/α-hetero) is 2. The fourth-order valence-corrected chi connectivity index (χ4v) is 4.25. The largest absolute Gasteiger partial charge is 0.381 e. The maximum atomic E-state index is 12.2. The first kappa shape index (κ1) is 31.7. The highest BCUT2D eigenvalue weighted by molar-refractivity contribution is 9.09. The van der Waals surface area contributed by atoms with Crippen LogP contribution in [0.15, 0.2) is 24.3 Å². The number of ether oxygens (including phenoxy) is 1. The molecule has 0 aromatic heterocycles. The summed E-state index contributed by atoms with van der Waals surface area (Å²) in [6.07, 6.45) is 0.271. The summed E-state index contributed by atoms with van der Waals surface area (Å²) in [7, 11) is 0. The van der Waals surface area contributed by atoms with Crippen LogP contribution >= 0.6 is 31.9 Å². The minimum Gasteiger partial charge on any atom is -0.381 e. The first-order valence-electron chi connectivity index (χ1n) is 11.3. The normalized spacial score (nSPS) is 10.6. The standard InChI is InChI=1S/C24H24Br2N4O9/c1-13(31)27-19-9-17(23(33)11-25)21(29(35)36)7-15(19)3-5-39-6-4-16-8-22(30(37)38)18(24(34)12-26)10-20(16)28-14(2)32/h7-10H,3-6,11-12H2,1-2H3,(H,27,31)(H,28,32). The molecule has 2 aromatic carbocycles. The van der Waals surface area contributed by atoms with Gasteiger partial charge >= 0.3 is 0 Å². The molecule has 0 spiro atoms. The lowest BCUT2D eigenvalue weighted by Gasteiger charge is -2.14. The average molecular weight is 672 g/mol. The highest BCUT2D eigenvalue weighted by atomic mass is 79.9. The van der Waals surface area contributed by atoms with Crippen LogP contribution in [0.2, 0.25) is 0 Å². The molecule has 0 atom stereocenters. The quantitative estimate of drug-likeness (QED) is 0.0966. The third kappa shape index (κ3) is 8.73. The molecule has 0 bridgehead atoms. The van der Waals surface area contributed by atoms with Gasteiger partial charge in [-0.3, -0.25) is 39.4 Å². The number of ketones is 2. The van der Waals surface area contributed by atoms with Crippen molar-refractivity contribution in [1.82, 2.24) is 0 Å². The van der Waals surface area contributed by atoms with Gasteiger partial charge in [-0.25, -0.2) is 0 Å². The Morgan fingerprint density at radius 2 is 1.10 bits per heavy atom. The number of amides is 2. The van der Waals surface area contributed by atoms with Gasteiger partial charge in [-0.15, -0.1) is 0 Å². The molecule has 0 saturated carbocycles. The van der Waals surface area contributed by atoms with E-state index in [0.717, 1.165) is 0 Å². The Kier molecular flexibility index (Phi) is 11.8. The fraction of sp³-hybridized carbons (Fsp3) is 0.333. The van der Waals surface area contributed by atoms with Crippen molar-refractivity contribution in [2.75, 3.05) is 34.5 Å². The van der Waals surface area contributed by atoms with E-state index >= 15 is 0 Å². The van der Waals surface area contributed by atoms with Crippen molar-refractivity contribution in [2.24, 2.45) is 0 Å². The molecule has 0 aliphatic carbocycles. The summed E-state index contributed by atoms with van der Waals surface area (Å²) in [5, 5.41) is 28.0. The number of nitro benzene ring substituents is 2. The number of nitrogens with zero attached hydrogens (tertiary/aromatic N) is 2. The summed E-state index contributed by atoms with van der Waals surface area (Å²) in [5.74, 6) is -1.91. The van der Waals surface area contributed by atoms with Crippen molar-refractivity contribution in [1.29, 1.82) is 0 Å². The second-order valence-corrected chi connectivity index (χ2v) is 9.28. The number of halogens is 2. The molecule has 0 unspecified atom stereocenters. The first-order valence-corrected chi connectivity index (χ1v) is 13.6. The lowest BCUT2D eigenvalue weighted by atomic mass is 10.0. The number of anilines is 2. The first-order chi connectivity index (χ1) is 18.4. The van der Waals surface area contributed by atoms with Crippen molar-refractivity contribution in [3.63, 3.8) is 0 Å². The number of rotatable bonds is 14. The van der Waals surface area contributed by atoms with E-state index < -0.39 is 44.6 Å². The highest BCUT2D eigenvalue weighted by Crippen LogP contribution is 2.30. The van der Waals surface area contributed by atoms with Crippen LogP contribution in [-0.4, -0.2) is 57.1 Å². The van der Waals surface area contributed by atoms with Crippen LogP contribution in [0.4, 0.5) is 22.7 Å². The van der Waals surface area contributed by atoms with Crippen molar-refractivity contribution < 1.29 is 33.8 Å². The van der Waals surface area contributed by atoms with Crippen LogP contribution in [0.1, 0.15) is 45.7 Å². The molecule has 0 fully saturated rings. The Labute approximate surface area is 239 Å². The van der Waals surface area contributed by atoms with Gasteiger partial charge in [0.1, 0.15) is 0 Å². The molecular formula is C24H24Br2N4O9. The van der Waals surface area contributed by atoms with E-state index in [1.54, 1.807) is 0 Å². The topological polar surface area (TPSA) is 188 Å². The Hall–Kier alpha value is -3.56. The van der Waals surface area contributed by atoms with E-state index in [9.17, 15) is 39.4 Å². The number of carbonyl (C=O) groups is 4. The van der Waals surface area contributed by atoms with E-state index in [1.807, 2.05) is 0 Å². The molecule has 13 nitrogen and oxygen atoms in total. The molecule has 2 N–H and O–H groups in total. The number of nitro groups is 2. The third-order valence-corrected chi connectivity index (χ3v) is 6.35. The monoisotopic (exact) mass is 670 g/mol. The highest BCUT2D eigenvalue weighted by Gasteiger charge is 2.24. The molecule has 208 valence electrons. The number of alkyl halides is 2. The van der Waals surface area contributed by atoms with Crippen LogP contribution in [0.3, 0.4) is 0 Å². The maximum absolute atomic E-state index is 12.2. The Morgan fingerprint density at radius 1 is 0.744 bits per heavy atom. The molecule has 0 saturated heterocycles. The lowest BCUT2D eigenvalue weighted by Crippen LogP contribution is -2.14. The summed E-state index contributed by atoms with van der Waals surface area (Å²) in [6.45, 7) is 2.62. The van der Waals surface area contributed by atoms with Crippen molar-refractivity contribution >= 4 is 78.0 Å². The summed E-state index contributed by atoms with van der Waals surface area (Å²) in [5.41, 5.74) is 0.0833. The van der Waals surface area contributed by atoms with Gasteiger partial charge in [0.2, 0.25) is 11.8 Å². The Bertz CT molecular complexity index is 1230. The SMILES string of the molecule is CC(=O)Nc1cc(C(=O)CBr)c([N+](=O)[O-])cc1CCOCCc1cc([N+](=O)[O-])c(C(=O)CBr)cc1NC(C)=O. The zero-order chi connectivity index (χ0) is 29.3. The summed E-state index contributed by atoms with van der Waals surface area (Å²) in [4.78, 5) is 69.4. The number of nitrogens with one attached hydrogen (secondary N) is 2. The van der Waals surface area contributed by atoms with Crippen molar-refractivity contribution in [2.45, 2.75) is 26.7 Å². The van der Waals surface area contributed by atoms with E-state index in [0.29, 0.717) is 11.1 Å². The number of hydrogen-bond donors (Lipinski definition) is 2. The van der Waals surface area contributed by atoms with E-state index in [4.69, 9.17) is 4.74 Å². The van der Waals surface area contributed by atoms with E-state index in [2.05, 4.69) is 42.5 Å². The van der Waals surface area contributed by atoms with E-state index in [1.165, 1.54) is 38.1 Å². The molecule has 0 aliphatic heterocycles. The average Bonchev–Trinajstić information content (AvgIpc) is 2.87. The van der Waals surface area contributed by atoms with Gasteiger partial charge in [-0.05, 0) is 36.1 Å².